The van der Waals surface area contributed by atoms with Gasteiger partial charge in [-0.15, -0.1) is 0 Å². The van der Waals surface area contributed by atoms with Crippen molar-refractivity contribution in [3.8, 4) is 0 Å². The molecule has 3 aromatic rings. The van der Waals surface area contributed by atoms with Crippen molar-refractivity contribution in [2.75, 3.05) is 6.54 Å². The second-order valence-corrected chi connectivity index (χ2v) is 5.76. The van der Waals surface area contributed by atoms with Crippen LogP contribution in [0.25, 0.3) is 11.0 Å². The highest BCUT2D eigenvalue weighted by atomic mass is 79.9. The molecule has 0 radical (unpaired) electrons. The van der Waals surface area contributed by atoms with Crippen molar-refractivity contribution >= 4 is 32.8 Å². The highest BCUT2D eigenvalue weighted by Crippen LogP contribution is 2.26. The number of hydrogen-bond acceptors (Lipinski definition) is 2. The number of benzene rings is 2. The highest BCUT2D eigenvalue weighted by molar-refractivity contribution is 9.10. The van der Waals surface area contributed by atoms with Gasteiger partial charge in [0.25, 0.3) is 5.91 Å². The van der Waals surface area contributed by atoms with Crippen molar-refractivity contribution in [3.05, 3.63) is 70.1 Å². The van der Waals surface area contributed by atoms with E-state index in [0.29, 0.717) is 18.5 Å². The van der Waals surface area contributed by atoms with Gasteiger partial charge >= 0.3 is 0 Å². The quantitative estimate of drug-likeness (QED) is 0.752. The third-order valence-electron chi connectivity index (χ3n) is 3.33. The fraction of sp³-hybridized carbons (Fsp3) is 0.118. The molecule has 0 spiro atoms. The lowest BCUT2D eigenvalue weighted by atomic mass is 10.1. The third-order valence-corrected chi connectivity index (χ3v) is 3.96. The van der Waals surface area contributed by atoms with Crippen LogP contribution in [0.4, 0.5) is 4.39 Å². The van der Waals surface area contributed by atoms with Crippen LogP contribution in [-0.2, 0) is 6.42 Å². The van der Waals surface area contributed by atoms with Crippen LogP contribution in [0.5, 0.6) is 0 Å². The first-order valence-corrected chi connectivity index (χ1v) is 7.63. The van der Waals surface area contributed by atoms with Crippen LogP contribution in [0.15, 0.2) is 57.4 Å². The lowest BCUT2D eigenvalue weighted by Gasteiger charge is -2.03. The van der Waals surface area contributed by atoms with Crippen LogP contribution >= 0.6 is 15.9 Å². The lowest BCUT2D eigenvalue weighted by molar-refractivity contribution is 0.0928. The van der Waals surface area contributed by atoms with E-state index in [-0.39, 0.29) is 17.5 Å². The fourth-order valence-corrected chi connectivity index (χ4v) is 2.66. The Bertz CT molecular complexity index is 811. The van der Waals surface area contributed by atoms with E-state index in [1.54, 1.807) is 18.2 Å². The van der Waals surface area contributed by atoms with Gasteiger partial charge in [-0.25, -0.2) is 4.39 Å². The molecule has 1 aromatic heterocycles. The van der Waals surface area contributed by atoms with E-state index in [0.717, 1.165) is 15.4 Å². The standard InChI is InChI=1S/C17H13BrFNO2/c18-14-3-1-2-12-10-15(22-16(12)14)17(21)20-9-8-11-4-6-13(19)7-5-11/h1-7,10H,8-9H2,(H,20,21). The normalized spacial score (nSPS) is 10.8. The average Bonchev–Trinajstić information content (AvgIpc) is 2.95. The lowest BCUT2D eigenvalue weighted by Crippen LogP contribution is -2.25. The molecule has 1 heterocycles. The van der Waals surface area contributed by atoms with E-state index in [9.17, 15) is 9.18 Å². The number of nitrogens with one attached hydrogen (secondary N) is 1. The Kier molecular flexibility index (Phi) is 4.24. The summed E-state index contributed by atoms with van der Waals surface area (Å²) in [6.45, 7) is 0.461. The molecular formula is C17H13BrFNO2. The van der Waals surface area contributed by atoms with Crippen molar-refractivity contribution in [1.29, 1.82) is 0 Å². The predicted octanol–water partition coefficient (Wildman–Crippen LogP) is 4.31. The molecule has 112 valence electrons. The molecule has 0 aliphatic carbocycles. The van der Waals surface area contributed by atoms with Crippen LogP contribution < -0.4 is 5.32 Å². The van der Waals surface area contributed by atoms with E-state index in [1.165, 1.54) is 12.1 Å². The summed E-state index contributed by atoms with van der Waals surface area (Å²) >= 11 is 3.39. The van der Waals surface area contributed by atoms with Crippen molar-refractivity contribution in [2.45, 2.75) is 6.42 Å². The molecule has 0 unspecified atom stereocenters. The van der Waals surface area contributed by atoms with E-state index >= 15 is 0 Å². The molecule has 3 nitrogen and oxygen atoms in total. The number of hydrogen-bond donors (Lipinski definition) is 1. The largest absolute Gasteiger partial charge is 0.450 e. The molecule has 22 heavy (non-hydrogen) atoms. The Morgan fingerprint density at radius 2 is 1.95 bits per heavy atom. The molecule has 0 fully saturated rings. The van der Waals surface area contributed by atoms with Gasteiger partial charge in [-0.1, -0.05) is 24.3 Å². The van der Waals surface area contributed by atoms with Gasteiger partial charge in [0.05, 0.1) is 4.47 Å². The first-order valence-electron chi connectivity index (χ1n) is 6.84. The van der Waals surface area contributed by atoms with Crippen molar-refractivity contribution < 1.29 is 13.6 Å². The molecule has 5 heteroatoms. The zero-order chi connectivity index (χ0) is 15.5. The number of fused-ring (bicyclic) bond motifs is 1. The van der Waals surface area contributed by atoms with Crippen LogP contribution in [0.3, 0.4) is 0 Å². The van der Waals surface area contributed by atoms with Gasteiger partial charge in [0.1, 0.15) is 11.4 Å². The maximum absolute atomic E-state index is 12.8. The summed E-state index contributed by atoms with van der Waals surface area (Å²) in [5.74, 6) is -0.244. The number of carbonyl (C=O) groups is 1. The van der Waals surface area contributed by atoms with Crippen LogP contribution in [0, 0.1) is 5.82 Å². The zero-order valence-electron chi connectivity index (χ0n) is 11.6. The highest BCUT2D eigenvalue weighted by Gasteiger charge is 2.13. The first kappa shape index (κ1) is 14.8. The SMILES string of the molecule is O=C(NCCc1ccc(F)cc1)c1cc2cccc(Br)c2o1. The predicted molar refractivity (Wildman–Crippen MR) is 86.4 cm³/mol. The number of para-hydroxylation sites is 1. The van der Waals surface area contributed by atoms with Gasteiger partial charge < -0.3 is 9.73 Å². The van der Waals surface area contributed by atoms with Gasteiger partial charge in [-0.3, -0.25) is 4.79 Å². The molecule has 1 amide bonds. The van der Waals surface area contributed by atoms with Gasteiger partial charge in [0, 0.05) is 11.9 Å². The van der Waals surface area contributed by atoms with Gasteiger partial charge in [-0.05, 0) is 52.2 Å². The fourth-order valence-electron chi connectivity index (χ4n) is 2.20. The maximum atomic E-state index is 12.8. The number of furan rings is 1. The Hall–Kier alpha value is -2.14. The molecule has 0 bridgehead atoms. The molecule has 3 rings (SSSR count). The zero-order valence-corrected chi connectivity index (χ0v) is 13.2. The number of amides is 1. The summed E-state index contributed by atoms with van der Waals surface area (Å²) in [5.41, 5.74) is 1.63. The van der Waals surface area contributed by atoms with Crippen molar-refractivity contribution in [1.82, 2.24) is 5.32 Å². The van der Waals surface area contributed by atoms with Gasteiger partial charge in [-0.2, -0.15) is 0 Å². The number of rotatable bonds is 4. The molecule has 0 aliphatic heterocycles. The molecule has 0 aliphatic rings. The van der Waals surface area contributed by atoms with E-state index < -0.39 is 0 Å². The molecule has 2 aromatic carbocycles. The summed E-state index contributed by atoms with van der Waals surface area (Å²) in [4.78, 5) is 12.1. The van der Waals surface area contributed by atoms with E-state index in [2.05, 4.69) is 21.2 Å². The van der Waals surface area contributed by atoms with Crippen LogP contribution in [-0.4, -0.2) is 12.5 Å². The van der Waals surface area contributed by atoms with Crippen LogP contribution in [0.1, 0.15) is 16.1 Å². The van der Waals surface area contributed by atoms with Crippen molar-refractivity contribution in [2.24, 2.45) is 0 Å². The molecular weight excluding hydrogens is 349 g/mol. The Morgan fingerprint density at radius 3 is 2.68 bits per heavy atom. The Labute approximate surface area is 135 Å². The molecule has 0 saturated carbocycles. The average molecular weight is 362 g/mol. The smallest absolute Gasteiger partial charge is 0.287 e. The molecule has 0 saturated heterocycles. The summed E-state index contributed by atoms with van der Waals surface area (Å²) in [5, 5.41) is 3.67. The van der Waals surface area contributed by atoms with Crippen LogP contribution in [0.2, 0.25) is 0 Å². The monoisotopic (exact) mass is 361 g/mol. The minimum Gasteiger partial charge on any atom is -0.450 e. The first-order chi connectivity index (χ1) is 10.6. The number of halogens is 2. The minimum absolute atomic E-state index is 0.259. The maximum Gasteiger partial charge on any atom is 0.287 e. The van der Waals surface area contributed by atoms with Gasteiger partial charge in [0.2, 0.25) is 0 Å². The minimum atomic E-state index is -0.263. The van der Waals surface area contributed by atoms with Crippen molar-refractivity contribution in [3.63, 3.8) is 0 Å². The second kappa shape index (κ2) is 6.32. The topological polar surface area (TPSA) is 42.2 Å². The summed E-state index contributed by atoms with van der Waals surface area (Å²) in [6, 6.07) is 13.6. The second-order valence-electron chi connectivity index (χ2n) is 4.90. The summed E-state index contributed by atoms with van der Waals surface area (Å²) in [7, 11) is 0. The van der Waals surface area contributed by atoms with Gasteiger partial charge in [0.15, 0.2) is 5.76 Å². The molecule has 0 atom stereocenters. The Morgan fingerprint density at radius 1 is 1.18 bits per heavy atom. The summed E-state index contributed by atoms with van der Waals surface area (Å²) in [6.07, 6.45) is 0.635. The Balaban J connectivity index is 1.63. The van der Waals surface area contributed by atoms with E-state index in [4.69, 9.17) is 4.42 Å². The third kappa shape index (κ3) is 3.20. The summed E-state index contributed by atoms with van der Waals surface area (Å²) < 4.78 is 19.2. The molecule has 1 N–H and O–H groups in total. The van der Waals surface area contributed by atoms with E-state index in [1.807, 2.05) is 18.2 Å². The number of carbonyl (C=O) groups excluding carboxylic acids is 1.